The van der Waals surface area contributed by atoms with Gasteiger partial charge in [-0.25, -0.2) is 9.97 Å². The summed E-state index contributed by atoms with van der Waals surface area (Å²) in [4.78, 5) is 15.0. The normalized spacial score (nSPS) is 11.7. The molecule has 0 aliphatic rings. The molecular weight excluding hydrogens is 250 g/mol. The van der Waals surface area contributed by atoms with E-state index in [0.29, 0.717) is 17.9 Å². The van der Waals surface area contributed by atoms with E-state index in [0.717, 1.165) is 11.5 Å². The fourth-order valence-electron chi connectivity index (χ4n) is 1.90. The van der Waals surface area contributed by atoms with Crippen LogP contribution in [0.25, 0.3) is 0 Å². The molecule has 0 saturated heterocycles. The molecule has 2 heterocycles. The first kappa shape index (κ1) is 13.9. The molecule has 0 aliphatic carbocycles. The Bertz CT molecular complexity index is 618. The van der Waals surface area contributed by atoms with Crippen LogP contribution in [0.5, 0.6) is 0 Å². The molecule has 1 atom stereocenters. The average Bonchev–Trinajstić information content (AvgIpc) is 2.53. The Morgan fingerprint density at radius 1 is 1.35 bits per heavy atom. The van der Waals surface area contributed by atoms with Gasteiger partial charge in [-0.1, -0.05) is 13.0 Å². The van der Waals surface area contributed by atoms with Crippen LogP contribution in [0.15, 0.2) is 30.5 Å². The summed E-state index contributed by atoms with van der Waals surface area (Å²) in [6, 6.07) is 9.70. The molecule has 0 amide bonds. The maximum absolute atomic E-state index is 9.05. The summed E-state index contributed by atoms with van der Waals surface area (Å²) in [5, 5.41) is 9.05. The van der Waals surface area contributed by atoms with E-state index in [1.54, 1.807) is 12.3 Å². The molecule has 0 saturated carbocycles. The fourth-order valence-corrected chi connectivity index (χ4v) is 1.90. The Kier molecular flexibility index (Phi) is 4.26. The molecule has 102 valence electrons. The average molecular weight is 267 g/mol. The first-order chi connectivity index (χ1) is 9.65. The van der Waals surface area contributed by atoms with Gasteiger partial charge in [-0.3, -0.25) is 4.98 Å². The quantitative estimate of drug-likeness (QED) is 0.851. The lowest BCUT2D eigenvalue weighted by molar-refractivity contribution is 0.699. The smallest absolute Gasteiger partial charge is 0.146 e. The van der Waals surface area contributed by atoms with Crippen molar-refractivity contribution in [1.29, 1.82) is 5.26 Å². The Balaban J connectivity index is 2.33. The van der Waals surface area contributed by atoms with Gasteiger partial charge in [0.15, 0.2) is 0 Å². The summed E-state index contributed by atoms with van der Waals surface area (Å²) in [5.74, 6) is 1.42. The third-order valence-electron chi connectivity index (χ3n) is 3.25. The minimum atomic E-state index is 0.0716. The SMILES string of the molecule is CCc1nc(C#N)cc(N(C)[C@@H](C)c2ccccn2)n1. The first-order valence-electron chi connectivity index (χ1n) is 6.57. The number of hydrogen-bond acceptors (Lipinski definition) is 5. The topological polar surface area (TPSA) is 65.7 Å². The van der Waals surface area contributed by atoms with Gasteiger partial charge < -0.3 is 4.90 Å². The van der Waals surface area contributed by atoms with E-state index in [-0.39, 0.29) is 6.04 Å². The maximum atomic E-state index is 9.05. The first-order valence-corrected chi connectivity index (χ1v) is 6.57. The predicted molar refractivity (Wildman–Crippen MR) is 77.2 cm³/mol. The molecule has 2 rings (SSSR count). The van der Waals surface area contributed by atoms with Gasteiger partial charge >= 0.3 is 0 Å². The van der Waals surface area contributed by atoms with Crippen LogP contribution in [0.3, 0.4) is 0 Å². The Morgan fingerprint density at radius 2 is 2.15 bits per heavy atom. The van der Waals surface area contributed by atoms with Gasteiger partial charge in [0, 0.05) is 25.7 Å². The highest BCUT2D eigenvalue weighted by Crippen LogP contribution is 2.22. The lowest BCUT2D eigenvalue weighted by Gasteiger charge is -2.25. The zero-order valence-electron chi connectivity index (χ0n) is 11.9. The van der Waals surface area contributed by atoms with Gasteiger partial charge in [-0.2, -0.15) is 5.26 Å². The lowest BCUT2D eigenvalue weighted by Crippen LogP contribution is -2.24. The lowest BCUT2D eigenvalue weighted by atomic mass is 10.2. The van der Waals surface area contributed by atoms with E-state index < -0.39 is 0 Å². The molecule has 0 aromatic carbocycles. The minimum absolute atomic E-state index is 0.0716. The number of nitriles is 1. The number of rotatable bonds is 4. The van der Waals surface area contributed by atoms with Crippen LogP contribution in [-0.4, -0.2) is 22.0 Å². The van der Waals surface area contributed by atoms with Crippen LogP contribution in [0, 0.1) is 11.3 Å². The van der Waals surface area contributed by atoms with E-state index >= 15 is 0 Å². The zero-order valence-corrected chi connectivity index (χ0v) is 11.9. The molecule has 0 fully saturated rings. The molecule has 20 heavy (non-hydrogen) atoms. The van der Waals surface area contributed by atoms with Crippen molar-refractivity contribution in [2.24, 2.45) is 0 Å². The molecule has 5 nitrogen and oxygen atoms in total. The summed E-state index contributed by atoms with van der Waals surface area (Å²) < 4.78 is 0. The molecule has 0 N–H and O–H groups in total. The van der Waals surface area contributed by atoms with E-state index in [1.807, 2.05) is 37.1 Å². The van der Waals surface area contributed by atoms with Gasteiger partial charge in [0.1, 0.15) is 23.4 Å². The van der Waals surface area contributed by atoms with Gasteiger partial charge in [-0.15, -0.1) is 0 Å². The Morgan fingerprint density at radius 3 is 2.75 bits per heavy atom. The summed E-state index contributed by atoms with van der Waals surface area (Å²) in [7, 11) is 1.95. The molecule has 0 bridgehead atoms. The maximum Gasteiger partial charge on any atom is 0.146 e. The van der Waals surface area contributed by atoms with Gasteiger partial charge in [0.25, 0.3) is 0 Å². The van der Waals surface area contributed by atoms with Crippen molar-refractivity contribution in [1.82, 2.24) is 15.0 Å². The van der Waals surface area contributed by atoms with Crippen molar-refractivity contribution in [3.8, 4) is 6.07 Å². The van der Waals surface area contributed by atoms with Crippen LogP contribution in [-0.2, 0) is 6.42 Å². The van der Waals surface area contributed by atoms with Crippen molar-refractivity contribution in [3.05, 3.63) is 47.7 Å². The third-order valence-corrected chi connectivity index (χ3v) is 3.25. The molecule has 0 aliphatic heterocycles. The van der Waals surface area contributed by atoms with E-state index in [2.05, 4.69) is 27.9 Å². The molecule has 0 unspecified atom stereocenters. The van der Waals surface area contributed by atoms with Crippen molar-refractivity contribution >= 4 is 5.82 Å². The number of aryl methyl sites for hydroxylation is 1. The number of hydrogen-bond donors (Lipinski definition) is 0. The second-order valence-corrected chi connectivity index (χ2v) is 4.53. The van der Waals surface area contributed by atoms with Crippen LogP contribution >= 0.6 is 0 Å². The second kappa shape index (κ2) is 6.11. The zero-order chi connectivity index (χ0) is 14.5. The number of aromatic nitrogens is 3. The van der Waals surface area contributed by atoms with Crippen molar-refractivity contribution < 1.29 is 0 Å². The molecule has 0 spiro atoms. The summed E-state index contributed by atoms with van der Waals surface area (Å²) in [6.45, 7) is 4.03. The molecule has 0 radical (unpaired) electrons. The van der Waals surface area contributed by atoms with Gasteiger partial charge in [-0.05, 0) is 19.1 Å². The number of pyridine rings is 1. The van der Waals surface area contributed by atoms with Crippen LogP contribution in [0.4, 0.5) is 5.82 Å². The monoisotopic (exact) mass is 267 g/mol. The molecule has 5 heteroatoms. The van der Waals surface area contributed by atoms with Gasteiger partial charge in [0.05, 0.1) is 11.7 Å². The van der Waals surface area contributed by atoms with Crippen molar-refractivity contribution in [2.75, 3.05) is 11.9 Å². The van der Waals surface area contributed by atoms with Crippen LogP contribution in [0.1, 0.15) is 37.1 Å². The third kappa shape index (κ3) is 2.91. The molecule has 2 aromatic heterocycles. The predicted octanol–water partition coefficient (Wildman–Crippen LogP) is 2.50. The highest BCUT2D eigenvalue weighted by Gasteiger charge is 2.16. The number of nitrogens with zero attached hydrogens (tertiary/aromatic N) is 5. The van der Waals surface area contributed by atoms with E-state index in [1.165, 1.54) is 0 Å². The van der Waals surface area contributed by atoms with Crippen molar-refractivity contribution in [2.45, 2.75) is 26.3 Å². The highest BCUT2D eigenvalue weighted by molar-refractivity contribution is 5.44. The standard InChI is InChI=1S/C15H17N5/c1-4-14-18-12(10-16)9-15(19-14)20(3)11(2)13-7-5-6-8-17-13/h5-9,11H,4H2,1-3H3/t11-/m0/s1. The second-order valence-electron chi connectivity index (χ2n) is 4.53. The van der Waals surface area contributed by atoms with Crippen molar-refractivity contribution in [3.63, 3.8) is 0 Å². The van der Waals surface area contributed by atoms with Crippen LogP contribution < -0.4 is 4.90 Å². The van der Waals surface area contributed by atoms with E-state index in [9.17, 15) is 0 Å². The van der Waals surface area contributed by atoms with Gasteiger partial charge in [0.2, 0.25) is 0 Å². The molecular formula is C15H17N5. The largest absolute Gasteiger partial charge is 0.351 e. The summed E-state index contributed by atoms with van der Waals surface area (Å²) in [6.07, 6.45) is 2.48. The number of anilines is 1. The fraction of sp³-hybridized carbons (Fsp3) is 0.333. The summed E-state index contributed by atoms with van der Waals surface area (Å²) >= 11 is 0. The Labute approximate surface area is 118 Å². The molecule has 2 aromatic rings. The van der Waals surface area contributed by atoms with Crippen LogP contribution in [0.2, 0.25) is 0 Å². The van der Waals surface area contributed by atoms with E-state index in [4.69, 9.17) is 5.26 Å². The highest BCUT2D eigenvalue weighted by atomic mass is 15.2. The summed E-state index contributed by atoms with van der Waals surface area (Å²) in [5.41, 5.74) is 1.36. The Hall–Kier alpha value is -2.48. The minimum Gasteiger partial charge on any atom is -0.351 e.